The Bertz CT molecular complexity index is 377. The van der Waals surface area contributed by atoms with Crippen LogP contribution in [0.3, 0.4) is 0 Å². The molecule has 18 heavy (non-hydrogen) atoms. The summed E-state index contributed by atoms with van der Waals surface area (Å²) in [7, 11) is 0. The number of rotatable bonds is 7. The van der Waals surface area contributed by atoms with Crippen LogP contribution in [-0.4, -0.2) is 12.5 Å². The van der Waals surface area contributed by atoms with Gasteiger partial charge in [-0.15, -0.1) is 0 Å². The lowest BCUT2D eigenvalue weighted by molar-refractivity contribution is -0.117. The minimum atomic E-state index is 0.0975. The first-order chi connectivity index (χ1) is 8.65. The summed E-state index contributed by atoms with van der Waals surface area (Å²) in [4.78, 5) is 11.8. The fourth-order valence-electron chi connectivity index (χ4n) is 1.78. The molecular weight excluding hydrogens is 224 g/mol. The number of aryl methyl sites for hydroxylation is 1. The molecule has 1 aromatic rings. The summed E-state index contributed by atoms with van der Waals surface area (Å²) >= 11 is 0. The lowest BCUT2D eigenvalue weighted by Crippen LogP contribution is -2.14. The van der Waals surface area contributed by atoms with Crippen LogP contribution in [0, 0.1) is 5.92 Å². The fraction of sp³-hybridized carbons (Fsp3) is 0.533. The van der Waals surface area contributed by atoms with Gasteiger partial charge in [0.15, 0.2) is 0 Å². The minimum absolute atomic E-state index is 0.0975. The van der Waals surface area contributed by atoms with Crippen LogP contribution in [0.15, 0.2) is 24.3 Å². The van der Waals surface area contributed by atoms with Gasteiger partial charge in [0.1, 0.15) is 0 Å². The van der Waals surface area contributed by atoms with E-state index in [0.717, 1.165) is 24.9 Å². The van der Waals surface area contributed by atoms with Gasteiger partial charge in [-0.25, -0.2) is 0 Å². The van der Waals surface area contributed by atoms with Gasteiger partial charge in [-0.1, -0.05) is 32.4 Å². The molecule has 0 spiro atoms. The first kappa shape index (κ1) is 14.7. The predicted octanol–water partition coefficient (Wildman–Crippen LogP) is 2.95. The van der Waals surface area contributed by atoms with Crippen molar-refractivity contribution in [1.82, 2.24) is 0 Å². The van der Waals surface area contributed by atoms with E-state index in [2.05, 4.69) is 25.2 Å². The zero-order valence-electron chi connectivity index (χ0n) is 11.4. The van der Waals surface area contributed by atoms with Crippen molar-refractivity contribution in [2.45, 2.75) is 39.5 Å². The molecule has 0 aliphatic carbocycles. The van der Waals surface area contributed by atoms with Crippen molar-refractivity contribution >= 4 is 11.6 Å². The van der Waals surface area contributed by atoms with Crippen molar-refractivity contribution in [3.8, 4) is 0 Å². The first-order valence-corrected chi connectivity index (χ1v) is 6.74. The van der Waals surface area contributed by atoms with Gasteiger partial charge in [0.05, 0.1) is 0 Å². The summed E-state index contributed by atoms with van der Waals surface area (Å²) in [6, 6.07) is 8.01. The number of benzene rings is 1. The number of amides is 1. The fourth-order valence-corrected chi connectivity index (χ4v) is 1.78. The van der Waals surface area contributed by atoms with Crippen molar-refractivity contribution in [2.75, 3.05) is 11.9 Å². The Morgan fingerprint density at radius 1 is 1.44 bits per heavy atom. The van der Waals surface area contributed by atoms with Gasteiger partial charge in [-0.2, -0.15) is 0 Å². The number of hydrogen-bond donors (Lipinski definition) is 2. The smallest absolute Gasteiger partial charge is 0.224 e. The summed E-state index contributed by atoms with van der Waals surface area (Å²) in [5.41, 5.74) is 7.61. The summed E-state index contributed by atoms with van der Waals surface area (Å²) in [5, 5.41) is 2.95. The second kappa shape index (κ2) is 7.88. The molecule has 1 atom stereocenters. The largest absolute Gasteiger partial charge is 0.330 e. The zero-order valence-corrected chi connectivity index (χ0v) is 11.4. The van der Waals surface area contributed by atoms with E-state index in [-0.39, 0.29) is 5.91 Å². The van der Waals surface area contributed by atoms with E-state index in [0.29, 0.717) is 18.9 Å². The highest BCUT2D eigenvalue weighted by Gasteiger charge is 2.07. The zero-order chi connectivity index (χ0) is 13.4. The van der Waals surface area contributed by atoms with Crippen LogP contribution in [0.5, 0.6) is 0 Å². The van der Waals surface area contributed by atoms with Crippen molar-refractivity contribution < 1.29 is 4.79 Å². The van der Waals surface area contributed by atoms with Crippen LogP contribution in [-0.2, 0) is 11.2 Å². The Morgan fingerprint density at radius 3 is 2.89 bits per heavy atom. The molecule has 3 heteroatoms. The lowest BCUT2D eigenvalue weighted by atomic mass is 10.0. The molecule has 0 aromatic heterocycles. The van der Waals surface area contributed by atoms with E-state index in [4.69, 9.17) is 5.73 Å². The van der Waals surface area contributed by atoms with E-state index in [1.165, 1.54) is 5.56 Å². The molecule has 0 saturated carbocycles. The highest BCUT2D eigenvalue weighted by Crippen LogP contribution is 2.14. The summed E-state index contributed by atoms with van der Waals surface area (Å²) < 4.78 is 0. The second-order valence-corrected chi connectivity index (χ2v) is 4.86. The van der Waals surface area contributed by atoms with Gasteiger partial charge in [-0.05, 0) is 43.0 Å². The van der Waals surface area contributed by atoms with Crippen LogP contribution in [0.1, 0.15) is 38.7 Å². The van der Waals surface area contributed by atoms with E-state index in [9.17, 15) is 4.79 Å². The molecule has 1 rings (SSSR count). The number of hydrogen-bond acceptors (Lipinski definition) is 2. The molecule has 100 valence electrons. The van der Waals surface area contributed by atoms with Crippen LogP contribution >= 0.6 is 0 Å². The number of carbonyl (C=O) groups is 1. The molecule has 0 aliphatic rings. The topological polar surface area (TPSA) is 55.1 Å². The van der Waals surface area contributed by atoms with Gasteiger partial charge in [-0.3, -0.25) is 4.79 Å². The maximum absolute atomic E-state index is 11.8. The van der Waals surface area contributed by atoms with Crippen LogP contribution in [0.4, 0.5) is 5.69 Å². The third-order valence-corrected chi connectivity index (χ3v) is 3.11. The molecule has 3 N–H and O–H groups in total. The molecule has 0 radical (unpaired) electrons. The monoisotopic (exact) mass is 248 g/mol. The highest BCUT2D eigenvalue weighted by atomic mass is 16.1. The van der Waals surface area contributed by atoms with E-state index < -0.39 is 0 Å². The lowest BCUT2D eigenvalue weighted by Gasteiger charge is -2.10. The molecule has 0 heterocycles. The van der Waals surface area contributed by atoms with E-state index in [1.54, 1.807) is 0 Å². The third kappa shape index (κ3) is 5.32. The summed E-state index contributed by atoms with van der Waals surface area (Å²) in [6.07, 6.45) is 3.56. The minimum Gasteiger partial charge on any atom is -0.330 e. The molecule has 0 saturated heterocycles. The molecule has 1 amide bonds. The number of anilines is 1. The van der Waals surface area contributed by atoms with Crippen LogP contribution in [0.25, 0.3) is 0 Å². The molecule has 0 fully saturated rings. The SMILES string of the molecule is CCC(C)CC(=O)Nc1cccc(CCCN)c1. The molecule has 1 unspecified atom stereocenters. The van der Waals surface area contributed by atoms with Gasteiger partial charge >= 0.3 is 0 Å². The number of nitrogens with two attached hydrogens (primary N) is 1. The first-order valence-electron chi connectivity index (χ1n) is 6.74. The number of carbonyl (C=O) groups excluding carboxylic acids is 1. The van der Waals surface area contributed by atoms with Crippen molar-refractivity contribution in [3.05, 3.63) is 29.8 Å². The molecule has 0 aliphatic heterocycles. The Morgan fingerprint density at radius 2 is 2.22 bits per heavy atom. The maximum atomic E-state index is 11.8. The number of nitrogens with one attached hydrogen (secondary N) is 1. The predicted molar refractivity (Wildman–Crippen MR) is 76.5 cm³/mol. The standard InChI is InChI=1S/C15H24N2O/c1-3-12(2)10-15(18)17-14-8-4-6-13(11-14)7-5-9-16/h4,6,8,11-12H,3,5,7,9-10,16H2,1-2H3,(H,17,18). The van der Waals surface area contributed by atoms with Gasteiger partial charge < -0.3 is 11.1 Å². The Hall–Kier alpha value is -1.35. The van der Waals surface area contributed by atoms with Crippen LogP contribution in [0.2, 0.25) is 0 Å². The molecule has 0 bridgehead atoms. The van der Waals surface area contributed by atoms with Gasteiger partial charge in [0, 0.05) is 12.1 Å². The van der Waals surface area contributed by atoms with Crippen molar-refractivity contribution in [3.63, 3.8) is 0 Å². The molecule has 1 aromatic carbocycles. The normalized spacial score (nSPS) is 12.2. The summed E-state index contributed by atoms with van der Waals surface area (Å²) in [5.74, 6) is 0.533. The third-order valence-electron chi connectivity index (χ3n) is 3.11. The van der Waals surface area contributed by atoms with Crippen LogP contribution < -0.4 is 11.1 Å². The van der Waals surface area contributed by atoms with Gasteiger partial charge in [0.25, 0.3) is 0 Å². The second-order valence-electron chi connectivity index (χ2n) is 4.86. The quantitative estimate of drug-likeness (QED) is 0.779. The average molecular weight is 248 g/mol. The van der Waals surface area contributed by atoms with Gasteiger partial charge in [0.2, 0.25) is 5.91 Å². The Balaban J connectivity index is 2.53. The molecular formula is C15H24N2O. The highest BCUT2D eigenvalue weighted by molar-refractivity contribution is 5.90. The van der Waals surface area contributed by atoms with Crippen molar-refractivity contribution in [2.24, 2.45) is 11.7 Å². The van der Waals surface area contributed by atoms with Crippen molar-refractivity contribution in [1.29, 1.82) is 0 Å². The molecule has 3 nitrogen and oxygen atoms in total. The maximum Gasteiger partial charge on any atom is 0.224 e. The Labute approximate surface area is 110 Å². The Kier molecular flexibility index (Phi) is 6.44. The average Bonchev–Trinajstić information content (AvgIpc) is 2.36. The summed E-state index contributed by atoms with van der Waals surface area (Å²) in [6.45, 7) is 4.90. The van der Waals surface area contributed by atoms with E-state index in [1.807, 2.05) is 18.2 Å². The van der Waals surface area contributed by atoms with E-state index >= 15 is 0 Å².